The highest BCUT2D eigenvalue weighted by Crippen LogP contribution is 2.16. The van der Waals surface area contributed by atoms with Crippen molar-refractivity contribution in [2.75, 3.05) is 13.2 Å². The maximum atomic E-state index is 11.5. The number of aryl methyl sites for hydroxylation is 2. The molecule has 0 atom stereocenters. The van der Waals surface area contributed by atoms with Gasteiger partial charge >= 0.3 is 5.97 Å². The molecule has 0 heterocycles. The summed E-state index contributed by atoms with van der Waals surface area (Å²) < 4.78 is 5.59. The summed E-state index contributed by atoms with van der Waals surface area (Å²) in [5, 5.41) is 11.2. The zero-order chi connectivity index (χ0) is 15.7. The Morgan fingerprint density at radius 2 is 1.90 bits per heavy atom. The number of ether oxygens (including phenoxy) is 1. The SMILES string of the molecule is Cc1ccc(OCCCC(=O)NCCCC(=O)O)cc1C. The Balaban J connectivity index is 2.11. The molecule has 0 aromatic heterocycles. The first-order valence-electron chi connectivity index (χ1n) is 7.17. The summed E-state index contributed by atoms with van der Waals surface area (Å²) in [5.74, 6) is -0.0879. The molecule has 21 heavy (non-hydrogen) atoms. The second kappa shape index (κ2) is 9.00. The number of benzene rings is 1. The molecule has 116 valence electrons. The highest BCUT2D eigenvalue weighted by atomic mass is 16.5. The molecule has 0 spiro atoms. The molecule has 0 aliphatic heterocycles. The fourth-order valence-electron chi connectivity index (χ4n) is 1.78. The third kappa shape index (κ3) is 7.34. The molecule has 0 aliphatic carbocycles. The lowest BCUT2D eigenvalue weighted by Gasteiger charge is -2.08. The molecule has 0 unspecified atom stereocenters. The number of carbonyl (C=O) groups is 2. The zero-order valence-electron chi connectivity index (χ0n) is 12.6. The van der Waals surface area contributed by atoms with Gasteiger partial charge in [-0.1, -0.05) is 6.07 Å². The Kier molecular flexibility index (Phi) is 7.29. The van der Waals surface area contributed by atoms with Crippen LogP contribution in [0.4, 0.5) is 0 Å². The smallest absolute Gasteiger partial charge is 0.303 e. The van der Waals surface area contributed by atoms with E-state index in [0.717, 1.165) is 5.75 Å². The van der Waals surface area contributed by atoms with Crippen LogP contribution in [0, 0.1) is 13.8 Å². The number of nitrogens with one attached hydrogen (secondary N) is 1. The Morgan fingerprint density at radius 1 is 1.14 bits per heavy atom. The number of amides is 1. The van der Waals surface area contributed by atoms with Crippen LogP contribution in [0.25, 0.3) is 0 Å². The van der Waals surface area contributed by atoms with Crippen molar-refractivity contribution >= 4 is 11.9 Å². The monoisotopic (exact) mass is 293 g/mol. The molecule has 0 aliphatic rings. The molecule has 1 amide bonds. The summed E-state index contributed by atoms with van der Waals surface area (Å²) in [6.07, 6.45) is 1.56. The Labute approximate surface area is 125 Å². The molecule has 1 rings (SSSR count). The second-order valence-electron chi connectivity index (χ2n) is 5.05. The van der Waals surface area contributed by atoms with Crippen LogP contribution in [0.5, 0.6) is 5.75 Å². The van der Waals surface area contributed by atoms with Crippen LogP contribution in [0.2, 0.25) is 0 Å². The zero-order valence-corrected chi connectivity index (χ0v) is 12.6. The Bertz CT molecular complexity index is 485. The second-order valence-corrected chi connectivity index (χ2v) is 5.05. The molecular weight excluding hydrogens is 270 g/mol. The summed E-state index contributed by atoms with van der Waals surface area (Å²) in [6, 6.07) is 5.93. The standard InChI is InChI=1S/C16H23NO4/c1-12-7-8-14(11-13(12)2)21-10-4-5-15(18)17-9-3-6-16(19)20/h7-8,11H,3-6,9-10H2,1-2H3,(H,17,18)(H,19,20). The van der Waals surface area contributed by atoms with Gasteiger partial charge in [0.05, 0.1) is 6.61 Å². The molecule has 0 saturated carbocycles. The minimum absolute atomic E-state index is 0.0657. The van der Waals surface area contributed by atoms with E-state index in [1.165, 1.54) is 11.1 Å². The fraction of sp³-hybridized carbons (Fsp3) is 0.500. The quantitative estimate of drug-likeness (QED) is 0.686. The van der Waals surface area contributed by atoms with Crippen LogP contribution in [-0.4, -0.2) is 30.1 Å². The van der Waals surface area contributed by atoms with Gasteiger partial charge in [0.15, 0.2) is 0 Å². The molecule has 0 saturated heterocycles. The molecule has 5 heteroatoms. The average Bonchev–Trinajstić information content (AvgIpc) is 2.43. The van der Waals surface area contributed by atoms with Crippen LogP contribution in [0.1, 0.15) is 36.8 Å². The Hall–Kier alpha value is -2.04. The first-order valence-corrected chi connectivity index (χ1v) is 7.17. The summed E-state index contributed by atoms with van der Waals surface area (Å²) >= 11 is 0. The summed E-state index contributed by atoms with van der Waals surface area (Å²) in [7, 11) is 0. The van der Waals surface area contributed by atoms with E-state index in [9.17, 15) is 9.59 Å². The summed E-state index contributed by atoms with van der Waals surface area (Å²) in [6.45, 7) is 4.98. The number of aliphatic carboxylic acids is 1. The van der Waals surface area contributed by atoms with Gasteiger partial charge in [-0.3, -0.25) is 9.59 Å². The van der Waals surface area contributed by atoms with E-state index < -0.39 is 5.97 Å². The van der Waals surface area contributed by atoms with Gasteiger partial charge in [0.25, 0.3) is 0 Å². The van der Waals surface area contributed by atoms with E-state index in [1.807, 2.05) is 32.0 Å². The van der Waals surface area contributed by atoms with Crippen molar-refractivity contribution in [1.29, 1.82) is 0 Å². The minimum Gasteiger partial charge on any atom is -0.494 e. The van der Waals surface area contributed by atoms with Crippen molar-refractivity contribution in [3.8, 4) is 5.75 Å². The Morgan fingerprint density at radius 3 is 2.57 bits per heavy atom. The lowest BCUT2D eigenvalue weighted by molar-refractivity contribution is -0.137. The first kappa shape index (κ1) is 17.0. The van der Waals surface area contributed by atoms with Gasteiger partial charge in [-0.25, -0.2) is 0 Å². The number of hydrogen-bond donors (Lipinski definition) is 2. The predicted molar refractivity (Wildman–Crippen MR) is 80.5 cm³/mol. The van der Waals surface area contributed by atoms with E-state index in [0.29, 0.717) is 32.4 Å². The van der Waals surface area contributed by atoms with Crippen molar-refractivity contribution in [2.24, 2.45) is 0 Å². The molecule has 1 aromatic carbocycles. The molecule has 1 aromatic rings. The molecule has 0 fully saturated rings. The number of hydrogen-bond acceptors (Lipinski definition) is 3. The van der Waals surface area contributed by atoms with Gasteiger partial charge in [-0.05, 0) is 49.9 Å². The summed E-state index contributed by atoms with van der Waals surface area (Å²) in [4.78, 5) is 21.8. The van der Waals surface area contributed by atoms with Gasteiger partial charge < -0.3 is 15.2 Å². The van der Waals surface area contributed by atoms with Crippen LogP contribution >= 0.6 is 0 Å². The van der Waals surface area contributed by atoms with E-state index in [4.69, 9.17) is 9.84 Å². The fourth-order valence-corrected chi connectivity index (χ4v) is 1.78. The predicted octanol–water partition coefficient (Wildman–Crippen LogP) is 2.44. The van der Waals surface area contributed by atoms with Crippen molar-refractivity contribution in [3.63, 3.8) is 0 Å². The highest BCUT2D eigenvalue weighted by molar-refractivity contribution is 5.75. The first-order chi connectivity index (χ1) is 9.99. The lowest BCUT2D eigenvalue weighted by atomic mass is 10.1. The number of rotatable bonds is 9. The van der Waals surface area contributed by atoms with Crippen molar-refractivity contribution in [3.05, 3.63) is 29.3 Å². The van der Waals surface area contributed by atoms with Crippen molar-refractivity contribution in [1.82, 2.24) is 5.32 Å². The van der Waals surface area contributed by atoms with Crippen LogP contribution in [0.3, 0.4) is 0 Å². The number of carbonyl (C=O) groups excluding carboxylic acids is 1. The van der Waals surface area contributed by atoms with Crippen molar-refractivity contribution < 1.29 is 19.4 Å². The van der Waals surface area contributed by atoms with Gasteiger partial charge in [-0.2, -0.15) is 0 Å². The minimum atomic E-state index is -0.842. The molecular formula is C16H23NO4. The third-order valence-electron chi connectivity index (χ3n) is 3.18. The normalized spacial score (nSPS) is 10.2. The molecule has 0 bridgehead atoms. The highest BCUT2D eigenvalue weighted by Gasteiger charge is 2.03. The van der Waals surface area contributed by atoms with E-state index in [-0.39, 0.29) is 12.3 Å². The molecule has 2 N–H and O–H groups in total. The van der Waals surface area contributed by atoms with E-state index in [1.54, 1.807) is 0 Å². The average molecular weight is 293 g/mol. The number of carboxylic acids is 1. The maximum absolute atomic E-state index is 11.5. The lowest BCUT2D eigenvalue weighted by Crippen LogP contribution is -2.25. The van der Waals surface area contributed by atoms with E-state index in [2.05, 4.69) is 5.32 Å². The molecule has 0 radical (unpaired) electrons. The van der Waals surface area contributed by atoms with E-state index >= 15 is 0 Å². The maximum Gasteiger partial charge on any atom is 0.303 e. The van der Waals surface area contributed by atoms with Gasteiger partial charge in [0.2, 0.25) is 5.91 Å². The van der Waals surface area contributed by atoms with Crippen LogP contribution in [0.15, 0.2) is 18.2 Å². The third-order valence-corrected chi connectivity index (χ3v) is 3.18. The molecule has 5 nitrogen and oxygen atoms in total. The van der Waals surface area contributed by atoms with Gasteiger partial charge in [0, 0.05) is 19.4 Å². The number of carboxylic acid groups (broad SMARTS) is 1. The van der Waals surface area contributed by atoms with Gasteiger partial charge in [0.1, 0.15) is 5.75 Å². The largest absolute Gasteiger partial charge is 0.494 e. The topological polar surface area (TPSA) is 75.6 Å². The van der Waals surface area contributed by atoms with Gasteiger partial charge in [-0.15, -0.1) is 0 Å². The summed E-state index contributed by atoms with van der Waals surface area (Å²) in [5.41, 5.74) is 2.41. The van der Waals surface area contributed by atoms with Crippen LogP contribution in [-0.2, 0) is 9.59 Å². The van der Waals surface area contributed by atoms with Crippen LogP contribution < -0.4 is 10.1 Å². The van der Waals surface area contributed by atoms with Crippen molar-refractivity contribution in [2.45, 2.75) is 39.5 Å².